The smallest absolute Gasteiger partial charge is 0.261 e. The van der Waals surface area contributed by atoms with Gasteiger partial charge >= 0.3 is 0 Å². The van der Waals surface area contributed by atoms with Gasteiger partial charge in [-0.05, 0) is 30.7 Å². The molecule has 1 aliphatic rings. The lowest BCUT2D eigenvalue weighted by molar-refractivity contribution is 0.0610. The average molecular weight is 299 g/mol. The number of benzene rings is 2. The van der Waals surface area contributed by atoms with Gasteiger partial charge in [-0.2, -0.15) is 0 Å². The van der Waals surface area contributed by atoms with E-state index < -0.39 is 0 Å². The highest BCUT2D eigenvalue weighted by Gasteiger charge is 2.33. The molecule has 0 atom stereocenters. The first-order valence-electron chi connectivity index (χ1n) is 7.17. The van der Waals surface area contributed by atoms with E-state index in [-0.39, 0.29) is 11.8 Å². The van der Waals surface area contributed by atoms with Gasteiger partial charge in [0.05, 0.1) is 19.6 Å². The first-order valence-corrected chi connectivity index (χ1v) is 7.17. The molecule has 0 fully saturated rings. The van der Waals surface area contributed by atoms with Gasteiger partial charge in [0, 0.05) is 23.1 Å². The van der Waals surface area contributed by atoms with Crippen LogP contribution in [0.15, 0.2) is 24.3 Å². The molecule has 0 saturated carbocycles. The second kappa shape index (κ2) is 5.33. The summed E-state index contributed by atoms with van der Waals surface area (Å²) < 4.78 is 10.8. The number of amides is 2. The number of carbonyl (C=O) groups is 2. The van der Waals surface area contributed by atoms with Crippen molar-refractivity contribution < 1.29 is 19.1 Å². The molecule has 0 spiro atoms. The van der Waals surface area contributed by atoms with Crippen molar-refractivity contribution in [2.24, 2.45) is 0 Å². The van der Waals surface area contributed by atoms with E-state index >= 15 is 0 Å². The number of hydrogen-bond acceptors (Lipinski definition) is 4. The van der Waals surface area contributed by atoms with Crippen molar-refractivity contribution in [2.45, 2.75) is 13.3 Å². The molecule has 2 aromatic carbocycles. The number of imide groups is 1. The molecular formula is C17H17NO4. The summed E-state index contributed by atoms with van der Waals surface area (Å²) in [5.74, 6) is 0.643. The van der Waals surface area contributed by atoms with E-state index in [1.165, 1.54) is 4.90 Å². The molecule has 114 valence electrons. The molecule has 22 heavy (non-hydrogen) atoms. The van der Waals surface area contributed by atoms with Crippen LogP contribution < -0.4 is 9.47 Å². The Labute approximate surface area is 128 Å². The topological polar surface area (TPSA) is 55.8 Å². The molecule has 5 nitrogen and oxygen atoms in total. The molecule has 1 heterocycles. The Morgan fingerprint density at radius 2 is 1.36 bits per heavy atom. The summed E-state index contributed by atoms with van der Waals surface area (Å²) in [6.45, 7) is 2.35. The summed E-state index contributed by atoms with van der Waals surface area (Å²) >= 11 is 0. The van der Waals surface area contributed by atoms with Crippen LogP contribution in [0.5, 0.6) is 11.5 Å². The highest BCUT2D eigenvalue weighted by molar-refractivity contribution is 6.26. The van der Waals surface area contributed by atoms with E-state index in [0.717, 1.165) is 6.42 Å². The van der Waals surface area contributed by atoms with E-state index in [4.69, 9.17) is 9.47 Å². The number of hydrogen-bond donors (Lipinski definition) is 0. The highest BCUT2D eigenvalue weighted by atomic mass is 16.5. The van der Waals surface area contributed by atoms with Crippen LogP contribution >= 0.6 is 0 Å². The number of ether oxygens (including phenoxy) is 2. The second-order valence-electron chi connectivity index (χ2n) is 5.14. The van der Waals surface area contributed by atoms with Crippen molar-refractivity contribution in [2.75, 3.05) is 20.8 Å². The van der Waals surface area contributed by atoms with E-state index in [9.17, 15) is 9.59 Å². The van der Waals surface area contributed by atoms with Crippen LogP contribution in [0.1, 0.15) is 34.1 Å². The fourth-order valence-electron chi connectivity index (χ4n) is 2.94. The average Bonchev–Trinajstić information content (AvgIpc) is 2.55. The van der Waals surface area contributed by atoms with Crippen molar-refractivity contribution in [3.05, 3.63) is 35.4 Å². The molecule has 0 saturated heterocycles. The van der Waals surface area contributed by atoms with Crippen molar-refractivity contribution in [1.29, 1.82) is 0 Å². The van der Waals surface area contributed by atoms with Gasteiger partial charge in [-0.15, -0.1) is 0 Å². The van der Waals surface area contributed by atoms with Gasteiger partial charge in [0.2, 0.25) is 0 Å². The van der Waals surface area contributed by atoms with Crippen molar-refractivity contribution in [3.8, 4) is 11.5 Å². The summed E-state index contributed by atoms with van der Waals surface area (Å²) in [6.07, 6.45) is 0.724. The first kappa shape index (κ1) is 14.4. The third kappa shape index (κ3) is 1.85. The summed E-state index contributed by atoms with van der Waals surface area (Å²) in [4.78, 5) is 26.6. The maximum absolute atomic E-state index is 12.6. The van der Waals surface area contributed by atoms with E-state index in [2.05, 4.69) is 0 Å². The minimum absolute atomic E-state index is 0.264. The fraction of sp³-hybridized carbons (Fsp3) is 0.294. The highest BCUT2D eigenvalue weighted by Crippen LogP contribution is 2.40. The Kier molecular flexibility index (Phi) is 3.48. The Morgan fingerprint density at radius 3 is 1.77 bits per heavy atom. The van der Waals surface area contributed by atoms with Gasteiger partial charge in [0.1, 0.15) is 11.5 Å². The summed E-state index contributed by atoms with van der Waals surface area (Å²) in [5.41, 5.74) is 1.02. The lowest BCUT2D eigenvalue weighted by atomic mass is 9.92. The molecule has 0 aliphatic carbocycles. The minimum Gasteiger partial charge on any atom is -0.496 e. The molecule has 3 rings (SSSR count). The molecule has 2 amide bonds. The molecular weight excluding hydrogens is 282 g/mol. The number of rotatable bonds is 4. The van der Waals surface area contributed by atoms with Crippen molar-refractivity contribution >= 4 is 22.6 Å². The van der Waals surface area contributed by atoms with Crippen LogP contribution in [0.25, 0.3) is 10.8 Å². The van der Waals surface area contributed by atoms with Gasteiger partial charge in [0.25, 0.3) is 11.8 Å². The van der Waals surface area contributed by atoms with E-state index in [0.29, 0.717) is 39.9 Å². The van der Waals surface area contributed by atoms with Crippen molar-refractivity contribution in [3.63, 3.8) is 0 Å². The van der Waals surface area contributed by atoms with Gasteiger partial charge in [0.15, 0.2) is 0 Å². The van der Waals surface area contributed by atoms with Crippen molar-refractivity contribution in [1.82, 2.24) is 4.90 Å². The van der Waals surface area contributed by atoms with Crippen LogP contribution in [0, 0.1) is 0 Å². The molecule has 0 unspecified atom stereocenters. The molecule has 5 heteroatoms. The number of methoxy groups -OCH3 is 2. The third-order valence-corrected chi connectivity index (χ3v) is 3.92. The second-order valence-corrected chi connectivity index (χ2v) is 5.14. The molecule has 0 radical (unpaired) electrons. The van der Waals surface area contributed by atoms with Gasteiger partial charge in [-0.1, -0.05) is 6.92 Å². The Bertz CT molecular complexity index is 723. The molecule has 2 aromatic rings. The number of nitrogens with zero attached hydrogens (tertiary/aromatic N) is 1. The Balaban J connectivity index is 2.38. The standard InChI is InChI=1S/C17H17NO4/c1-4-9-18-16(19)10-5-7-12(21-2)15-13(22-3)8-6-11(14(10)15)17(18)20/h5-8H,4,9H2,1-3H3. The zero-order valence-corrected chi connectivity index (χ0v) is 12.8. The van der Waals surface area contributed by atoms with Crippen LogP contribution in [0.3, 0.4) is 0 Å². The molecule has 0 aromatic heterocycles. The van der Waals surface area contributed by atoms with E-state index in [1.54, 1.807) is 38.5 Å². The monoisotopic (exact) mass is 299 g/mol. The molecule has 0 bridgehead atoms. The van der Waals surface area contributed by atoms with Crippen LogP contribution in [-0.4, -0.2) is 37.5 Å². The predicted molar refractivity (Wildman–Crippen MR) is 82.7 cm³/mol. The van der Waals surface area contributed by atoms with Crippen LogP contribution in [0.2, 0.25) is 0 Å². The summed E-state index contributed by atoms with van der Waals surface area (Å²) in [6, 6.07) is 6.90. The molecule has 0 N–H and O–H groups in total. The zero-order chi connectivity index (χ0) is 15.9. The molecule has 1 aliphatic heterocycles. The lowest BCUT2D eigenvalue weighted by Crippen LogP contribution is -2.40. The third-order valence-electron chi connectivity index (χ3n) is 3.92. The zero-order valence-electron chi connectivity index (χ0n) is 12.8. The van der Waals surface area contributed by atoms with Gasteiger partial charge < -0.3 is 9.47 Å². The van der Waals surface area contributed by atoms with Gasteiger partial charge in [-0.25, -0.2) is 0 Å². The maximum Gasteiger partial charge on any atom is 0.261 e. The fourth-order valence-corrected chi connectivity index (χ4v) is 2.94. The normalized spacial score (nSPS) is 13.7. The number of carbonyl (C=O) groups excluding carboxylic acids is 2. The lowest BCUT2D eigenvalue weighted by Gasteiger charge is -2.27. The Morgan fingerprint density at radius 1 is 0.864 bits per heavy atom. The first-order chi connectivity index (χ1) is 10.6. The van der Waals surface area contributed by atoms with Crippen LogP contribution in [-0.2, 0) is 0 Å². The largest absolute Gasteiger partial charge is 0.496 e. The predicted octanol–water partition coefficient (Wildman–Crippen LogP) is 2.86. The van der Waals surface area contributed by atoms with Gasteiger partial charge in [-0.3, -0.25) is 14.5 Å². The van der Waals surface area contributed by atoms with E-state index in [1.807, 2.05) is 6.92 Å². The minimum atomic E-state index is -0.264. The SMILES string of the molecule is CCCN1C(=O)c2ccc(OC)c3c(OC)ccc(c23)C1=O. The quantitative estimate of drug-likeness (QED) is 0.815. The maximum atomic E-state index is 12.6. The summed E-state index contributed by atoms with van der Waals surface area (Å²) in [7, 11) is 3.11. The Hall–Kier alpha value is -2.56. The van der Waals surface area contributed by atoms with Crippen LogP contribution in [0.4, 0.5) is 0 Å². The summed E-state index contributed by atoms with van der Waals surface area (Å²) in [5, 5.41) is 1.28.